The molecule has 0 unspecified atom stereocenters. The fraction of sp³-hybridized carbons (Fsp3) is 0. The van der Waals surface area contributed by atoms with Gasteiger partial charge >= 0.3 is 0 Å². The molecule has 238 valence electrons. The number of hydrogen-bond donors (Lipinski definition) is 0. The van der Waals surface area contributed by atoms with Crippen LogP contribution < -0.4 is 0 Å². The van der Waals surface area contributed by atoms with Crippen molar-refractivity contribution in [1.82, 2.24) is 19.5 Å². The van der Waals surface area contributed by atoms with Crippen LogP contribution in [0, 0.1) is 0 Å². The monoisotopic (exact) mass is 654 g/mol. The molecule has 6 heteroatoms. The quantitative estimate of drug-likeness (QED) is 0.189. The van der Waals surface area contributed by atoms with Gasteiger partial charge in [0, 0.05) is 32.7 Å². The molecule has 0 aliphatic heterocycles. The first-order valence-electron chi connectivity index (χ1n) is 17.0. The largest absolute Gasteiger partial charge is 0.456 e. The van der Waals surface area contributed by atoms with Gasteiger partial charge in [0.05, 0.1) is 33.1 Å². The molecule has 0 aliphatic rings. The molecule has 0 amide bonds. The molecule has 0 aliphatic carbocycles. The molecule has 0 N–H and O–H groups in total. The third-order valence-corrected chi connectivity index (χ3v) is 9.86. The molecular formula is C45H26N4O2. The Hall–Kier alpha value is -7.05. The summed E-state index contributed by atoms with van der Waals surface area (Å²) in [6, 6.07) is 53.7. The Morgan fingerprint density at radius 3 is 1.67 bits per heavy atom. The number of rotatable bonds is 4. The van der Waals surface area contributed by atoms with E-state index in [1.807, 2.05) is 84.9 Å². The van der Waals surface area contributed by atoms with Gasteiger partial charge in [0.2, 0.25) is 0 Å². The minimum atomic E-state index is 0.545. The third kappa shape index (κ3) is 4.14. The van der Waals surface area contributed by atoms with Gasteiger partial charge < -0.3 is 13.4 Å². The summed E-state index contributed by atoms with van der Waals surface area (Å²) in [5.41, 5.74) is 9.04. The van der Waals surface area contributed by atoms with Crippen molar-refractivity contribution >= 4 is 65.7 Å². The van der Waals surface area contributed by atoms with Gasteiger partial charge in [0.1, 0.15) is 22.3 Å². The van der Waals surface area contributed by atoms with Crippen LogP contribution in [-0.2, 0) is 0 Å². The van der Waals surface area contributed by atoms with Crippen molar-refractivity contribution in [2.45, 2.75) is 0 Å². The molecule has 51 heavy (non-hydrogen) atoms. The van der Waals surface area contributed by atoms with Gasteiger partial charge in [0.25, 0.3) is 0 Å². The van der Waals surface area contributed by atoms with E-state index in [1.165, 1.54) is 5.39 Å². The van der Waals surface area contributed by atoms with Crippen LogP contribution in [0.15, 0.2) is 167 Å². The van der Waals surface area contributed by atoms with E-state index >= 15 is 0 Å². The summed E-state index contributed by atoms with van der Waals surface area (Å²) in [4.78, 5) is 15.1. The molecule has 11 rings (SSSR count). The normalized spacial score (nSPS) is 11.9. The molecule has 11 aromatic rings. The van der Waals surface area contributed by atoms with Gasteiger partial charge in [-0.1, -0.05) is 115 Å². The highest BCUT2D eigenvalue weighted by molar-refractivity contribution is 6.25. The van der Waals surface area contributed by atoms with Crippen molar-refractivity contribution in [2.24, 2.45) is 0 Å². The molecule has 0 spiro atoms. The second-order valence-electron chi connectivity index (χ2n) is 12.8. The second-order valence-corrected chi connectivity index (χ2v) is 12.8. The van der Waals surface area contributed by atoms with Crippen LogP contribution >= 0.6 is 0 Å². The Bertz CT molecular complexity index is 3080. The predicted molar refractivity (Wildman–Crippen MR) is 205 cm³/mol. The van der Waals surface area contributed by atoms with Crippen molar-refractivity contribution in [2.75, 3.05) is 0 Å². The van der Waals surface area contributed by atoms with Crippen molar-refractivity contribution in [3.63, 3.8) is 0 Å². The summed E-state index contributed by atoms with van der Waals surface area (Å²) in [6.45, 7) is 0. The summed E-state index contributed by atoms with van der Waals surface area (Å²) in [5, 5.41) is 6.49. The van der Waals surface area contributed by atoms with Crippen LogP contribution in [0.1, 0.15) is 0 Å². The van der Waals surface area contributed by atoms with E-state index in [-0.39, 0.29) is 0 Å². The summed E-state index contributed by atoms with van der Waals surface area (Å²) >= 11 is 0. The number of hydrogen-bond acceptors (Lipinski definition) is 5. The summed E-state index contributed by atoms with van der Waals surface area (Å²) in [6.07, 6.45) is 0. The first-order chi connectivity index (χ1) is 25.3. The minimum absolute atomic E-state index is 0.545. The zero-order valence-electron chi connectivity index (χ0n) is 27.1. The van der Waals surface area contributed by atoms with E-state index in [1.54, 1.807) is 0 Å². The average Bonchev–Trinajstić information content (AvgIpc) is 3.88. The first kappa shape index (κ1) is 27.9. The number of para-hydroxylation sites is 3. The topological polar surface area (TPSA) is 69.9 Å². The highest BCUT2D eigenvalue weighted by Crippen LogP contribution is 2.45. The molecule has 0 bridgehead atoms. The van der Waals surface area contributed by atoms with Crippen LogP contribution in [0.3, 0.4) is 0 Å². The fourth-order valence-electron chi connectivity index (χ4n) is 7.62. The van der Waals surface area contributed by atoms with E-state index in [2.05, 4.69) is 77.4 Å². The van der Waals surface area contributed by atoms with Gasteiger partial charge in [-0.15, -0.1) is 0 Å². The molecular weight excluding hydrogens is 629 g/mol. The van der Waals surface area contributed by atoms with Gasteiger partial charge in [-0.05, 0) is 42.5 Å². The van der Waals surface area contributed by atoms with E-state index in [9.17, 15) is 0 Å². The van der Waals surface area contributed by atoms with E-state index < -0.39 is 0 Å². The zero-order valence-corrected chi connectivity index (χ0v) is 27.1. The number of fused-ring (bicyclic) bond motifs is 10. The zero-order chi connectivity index (χ0) is 33.5. The Morgan fingerprint density at radius 1 is 0.392 bits per heavy atom. The van der Waals surface area contributed by atoms with Crippen LogP contribution in [0.4, 0.5) is 0 Å². The van der Waals surface area contributed by atoms with Gasteiger partial charge in [-0.2, -0.15) is 0 Å². The lowest BCUT2D eigenvalue weighted by Gasteiger charge is -2.13. The Kier molecular flexibility index (Phi) is 5.86. The number of nitrogens with zero attached hydrogens (tertiary/aromatic N) is 4. The van der Waals surface area contributed by atoms with Crippen LogP contribution in [0.5, 0.6) is 0 Å². The number of benzene rings is 7. The number of aromatic nitrogens is 4. The van der Waals surface area contributed by atoms with Gasteiger partial charge in [-0.3, -0.25) is 0 Å². The first-order valence-corrected chi connectivity index (χ1v) is 17.0. The van der Waals surface area contributed by atoms with Crippen molar-refractivity contribution in [1.29, 1.82) is 0 Å². The SMILES string of the molecule is c1ccc(-c2nc(-c3ccccc3)nc(-c3ccc(-n4c5ccccc5c5ccc6oc7ccccc7c6c54)c4c3oc3ccccc34)n2)cc1. The Labute approximate surface area is 290 Å². The summed E-state index contributed by atoms with van der Waals surface area (Å²) in [7, 11) is 0. The maximum atomic E-state index is 6.80. The summed E-state index contributed by atoms with van der Waals surface area (Å²) < 4.78 is 15.6. The molecule has 4 heterocycles. The third-order valence-electron chi connectivity index (χ3n) is 9.86. The van der Waals surface area contributed by atoms with E-state index in [4.69, 9.17) is 23.8 Å². The molecule has 0 saturated carbocycles. The maximum Gasteiger partial charge on any atom is 0.167 e. The highest BCUT2D eigenvalue weighted by Gasteiger charge is 2.24. The van der Waals surface area contributed by atoms with Crippen molar-refractivity contribution in [3.05, 3.63) is 158 Å². The van der Waals surface area contributed by atoms with E-state index in [0.29, 0.717) is 23.1 Å². The standard InChI is InChI=1S/C45H26N4O2/c1-3-13-27(14-4-1)43-46-44(28-15-5-2-6-16-28)48-45(47-43)33-23-25-35(39-31-18-8-12-22-37(31)51-42(33)39)49-34-20-10-7-17-29(34)30-24-26-38-40(41(30)49)32-19-9-11-21-36(32)50-38/h1-26H. The summed E-state index contributed by atoms with van der Waals surface area (Å²) in [5.74, 6) is 1.75. The maximum absolute atomic E-state index is 6.80. The van der Waals surface area contributed by atoms with Gasteiger partial charge in [-0.25, -0.2) is 15.0 Å². The lowest BCUT2D eigenvalue weighted by Crippen LogP contribution is -2.01. The fourth-order valence-corrected chi connectivity index (χ4v) is 7.62. The van der Waals surface area contributed by atoms with Crippen LogP contribution in [-0.4, -0.2) is 19.5 Å². The Balaban J connectivity index is 1.26. The Morgan fingerprint density at radius 2 is 0.961 bits per heavy atom. The van der Waals surface area contributed by atoms with Crippen molar-refractivity contribution in [3.8, 4) is 39.9 Å². The minimum Gasteiger partial charge on any atom is -0.456 e. The average molecular weight is 655 g/mol. The van der Waals surface area contributed by atoms with Crippen LogP contribution in [0.25, 0.3) is 106 Å². The molecule has 0 saturated heterocycles. The predicted octanol–water partition coefficient (Wildman–Crippen LogP) is 11.8. The molecule has 0 atom stereocenters. The smallest absolute Gasteiger partial charge is 0.167 e. The molecule has 6 nitrogen and oxygen atoms in total. The van der Waals surface area contributed by atoms with Crippen LogP contribution in [0.2, 0.25) is 0 Å². The highest BCUT2D eigenvalue weighted by atomic mass is 16.3. The lowest BCUT2D eigenvalue weighted by atomic mass is 10.0. The molecule has 0 radical (unpaired) electrons. The van der Waals surface area contributed by atoms with Crippen molar-refractivity contribution < 1.29 is 8.83 Å². The second kappa shape index (κ2) is 10.7. The van der Waals surface area contributed by atoms with Gasteiger partial charge in [0.15, 0.2) is 17.5 Å². The van der Waals surface area contributed by atoms with E-state index in [0.717, 1.165) is 77.1 Å². The molecule has 4 aromatic heterocycles. The molecule has 7 aromatic carbocycles. The number of furan rings is 2. The molecule has 0 fully saturated rings. The lowest BCUT2D eigenvalue weighted by molar-refractivity contribution is 0.669.